The molecule has 146 valence electrons. The normalized spacial score (nSPS) is 18.4. The third-order valence-corrected chi connectivity index (χ3v) is 5.46. The summed E-state index contributed by atoms with van der Waals surface area (Å²) in [7, 11) is 0. The predicted octanol–water partition coefficient (Wildman–Crippen LogP) is 5.29. The van der Waals surface area contributed by atoms with Crippen molar-refractivity contribution in [2.45, 2.75) is 38.2 Å². The highest BCUT2D eigenvalue weighted by Crippen LogP contribution is 2.34. The van der Waals surface area contributed by atoms with Gasteiger partial charge in [0.25, 0.3) is 0 Å². The largest absolute Gasteiger partial charge is 0.573 e. The van der Waals surface area contributed by atoms with E-state index in [1.54, 1.807) is 17.4 Å². The van der Waals surface area contributed by atoms with Crippen LogP contribution in [0.1, 0.15) is 35.7 Å². The van der Waals surface area contributed by atoms with Crippen LogP contribution in [-0.2, 0) is 6.54 Å². The van der Waals surface area contributed by atoms with E-state index in [2.05, 4.69) is 21.8 Å². The van der Waals surface area contributed by atoms with Crippen LogP contribution in [0.2, 0.25) is 0 Å². The monoisotopic (exact) mass is 397 g/mol. The molecule has 0 saturated carbocycles. The van der Waals surface area contributed by atoms with Gasteiger partial charge < -0.3 is 9.84 Å². The van der Waals surface area contributed by atoms with Gasteiger partial charge in [-0.05, 0) is 48.4 Å². The van der Waals surface area contributed by atoms with Crippen molar-refractivity contribution in [1.29, 1.82) is 0 Å². The Balaban J connectivity index is 1.77. The van der Waals surface area contributed by atoms with Crippen molar-refractivity contribution in [2.75, 3.05) is 13.2 Å². The first-order valence-electron chi connectivity index (χ1n) is 8.87. The number of hydrogen-bond acceptors (Lipinski definition) is 4. The highest BCUT2D eigenvalue weighted by Gasteiger charge is 2.31. The molecule has 2 heterocycles. The lowest BCUT2D eigenvalue weighted by Crippen LogP contribution is -2.31. The molecule has 2 aromatic rings. The average Bonchev–Trinajstić information content (AvgIpc) is 3.14. The number of alkyl halides is 3. The predicted molar refractivity (Wildman–Crippen MR) is 99.6 cm³/mol. The molecule has 0 spiro atoms. The first kappa shape index (κ1) is 19.9. The number of nitrogens with zero attached hydrogens (tertiary/aromatic N) is 1. The maximum absolute atomic E-state index is 12.5. The fraction of sp³-hybridized carbons (Fsp3) is 0.400. The molecule has 0 bridgehead atoms. The van der Waals surface area contributed by atoms with E-state index in [-0.39, 0.29) is 18.4 Å². The molecule has 1 aliphatic heterocycles. The number of thiophene rings is 1. The zero-order valence-corrected chi connectivity index (χ0v) is 15.6. The number of ether oxygens (including phenoxy) is 1. The molecule has 1 aromatic heterocycles. The molecule has 0 radical (unpaired) electrons. The van der Waals surface area contributed by atoms with Crippen LogP contribution in [0.4, 0.5) is 13.2 Å². The molecule has 1 N–H and O–H groups in total. The van der Waals surface area contributed by atoms with Gasteiger partial charge in [-0.25, -0.2) is 0 Å². The molecule has 0 saturated heterocycles. The molecular weight excluding hydrogens is 375 g/mol. The number of hydrogen-bond donors (Lipinski definition) is 1. The van der Waals surface area contributed by atoms with Gasteiger partial charge in [0.1, 0.15) is 5.75 Å². The van der Waals surface area contributed by atoms with E-state index in [9.17, 15) is 13.2 Å². The van der Waals surface area contributed by atoms with E-state index in [1.165, 1.54) is 22.6 Å². The van der Waals surface area contributed by atoms with Gasteiger partial charge in [-0.1, -0.05) is 29.8 Å². The van der Waals surface area contributed by atoms with Crippen LogP contribution >= 0.6 is 11.3 Å². The van der Waals surface area contributed by atoms with Crippen molar-refractivity contribution in [1.82, 2.24) is 4.90 Å². The third kappa shape index (κ3) is 5.82. The molecule has 27 heavy (non-hydrogen) atoms. The number of benzene rings is 1. The van der Waals surface area contributed by atoms with Crippen LogP contribution in [0.15, 0.2) is 53.4 Å². The van der Waals surface area contributed by atoms with Gasteiger partial charge in [-0.2, -0.15) is 0 Å². The van der Waals surface area contributed by atoms with Crippen LogP contribution in [0, 0.1) is 0 Å². The molecule has 3 rings (SSSR count). The average molecular weight is 397 g/mol. The Morgan fingerprint density at radius 1 is 1.22 bits per heavy atom. The quantitative estimate of drug-likeness (QED) is 0.644. The van der Waals surface area contributed by atoms with E-state index in [0.29, 0.717) is 6.54 Å². The van der Waals surface area contributed by atoms with E-state index in [0.717, 1.165) is 31.4 Å². The summed E-state index contributed by atoms with van der Waals surface area (Å²) in [6.07, 6.45) is 0.0796. The Kier molecular flexibility index (Phi) is 6.57. The van der Waals surface area contributed by atoms with Crippen molar-refractivity contribution < 1.29 is 23.0 Å². The van der Waals surface area contributed by atoms with E-state index < -0.39 is 6.36 Å². The summed E-state index contributed by atoms with van der Waals surface area (Å²) in [6, 6.07) is 10.4. The van der Waals surface area contributed by atoms with Crippen molar-refractivity contribution in [3.8, 4) is 5.75 Å². The van der Waals surface area contributed by atoms with Crippen LogP contribution in [0.25, 0.3) is 0 Å². The van der Waals surface area contributed by atoms with Gasteiger partial charge in [-0.3, -0.25) is 4.90 Å². The van der Waals surface area contributed by atoms with Crippen LogP contribution in [0.5, 0.6) is 5.75 Å². The second-order valence-electron chi connectivity index (χ2n) is 6.53. The summed E-state index contributed by atoms with van der Waals surface area (Å²) in [5.41, 5.74) is 2.11. The SMILES string of the molecule is OCCCC1=CC(c2cccs2)N(Cc2cccc(OC(F)(F)F)c2)CC1. The maximum Gasteiger partial charge on any atom is 0.573 e. The number of rotatable bonds is 7. The molecular formula is C20H22F3NO2S. The minimum Gasteiger partial charge on any atom is -0.406 e. The number of halogens is 3. The number of aliphatic hydroxyl groups excluding tert-OH is 1. The standard InChI is InChI=1S/C20H22F3NO2S/c21-20(22,23)26-17-6-1-4-16(12-17)14-24-9-8-15(5-2-10-25)13-18(24)19-7-3-11-27-19/h1,3-4,6-7,11-13,18,25H,2,5,8-10,14H2. The zero-order valence-electron chi connectivity index (χ0n) is 14.8. The maximum atomic E-state index is 12.5. The van der Waals surface area contributed by atoms with Crippen molar-refractivity contribution in [2.24, 2.45) is 0 Å². The van der Waals surface area contributed by atoms with Gasteiger partial charge in [0.05, 0.1) is 6.04 Å². The van der Waals surface area contributed by atoms with Crippen molar-refractivity contribution >= 4 is 11.3 Å². The molecule has 0 amide bonds. The second kappa shape index (κ2) is 8.91. The van der Waals surface area contributed by atoms with Crippen molar-refractivity contribution in [3.05, 3.63) is 63.9 Å². The van der Waals surface area contributed by atoms with Crippen LogP contribution in [0.3, 0.4) is 0 Å². The Morgan fingerprint density at radius 3 is 2.78 bits per heavy atom. The van der Waals surface area contributed by atoms with Crippen LogP contribution < -0.4 is 4.74 Å². The first-order chi connectivity index (χ1) is 12.9. The summed E-state index contributed by atoms with van der Waals surface area (Å²) in [4.78, 5) is 3.47. The fourth-order valence-electron chi connectivity index (χ4n) is 3.33. The Labute approximate surface area is 160 Å². The summed E-state index contributed by atoms with van der Waals surface area (Å²) in [5, 5.41) is 11.1. The van der Waals surface area contributed by atoms with Gasteiger partial charge >= 0.3 is 6.36 Å². The van der Waals surface area contributed by atoms with Crippen LogP contribution in [-0.4, -0.2) is 29.5 Å². The lowest BCUT2D eigenvalue weighted by Gasteiger charge is -2.34. The summed E-state index contributed by atoms with van der Waals surface area (Å²) >= 11 is 1.67. The molecule has 0 aliphatic carbocycles. The lowest BCUT2D eigenvalue weighted by atomic mass is 9.97. The molecule has 1 aromatic carbocycles. The van der Waals surface area contributed by atoms with E-state index >= 15 is 0 Å². The topological polar surface area (TPSA) is 32.7 Å². The molecule has 0 fully saturated rings. The summed E-state index contributed by atoms with van der Waals surface area (Å²) < 4.78 is 41.4. The second-order valence-corrected chi connectivity index (χ2v) is 7.51. The minimum absolute atomic E-state index is 0.0969. The van der Waals surface area contributed by atoms with Gasteiger partial charge in [0.2, 0.25) is 0 Å². The first-order valence-corrected chi connectivity index (χ1v) is 9.75. The van der Waals surface area contributed by atoms with Gasteiger partial charge in [0, 0.05) is 24.6 Å². The Hall–Kier alpha value is -1.83. The third-order valence-electron chi connectivity index (χ3n) is 4.52. The Morgan fingerprint density at radius 2 is 2.07 bits per heavy atom. The Bertz CT molecular complexity index is 759. The molecule has 1 aliphatic rings. The molecule has 1 atom stereocenters. The number of aliphatic hydroxyl groups is 1. The van der Waals surface area contributed by atoms with Gasteiger partial charge in [0.15, 0.2) is 0 Å². The molecule has 7 heteroatoms. The van der Waals surface area contributed by atoms with Gasteiger partial charge in [-0.15, -0.1) is 24.5 Å². The van der Waals surface area contributed by atoms with Crippen molar-refractivity contribution in [3.63, 3.8) is 0 Å². The molecule has 3 nitrogen and oxygen atoms in total. The minimum atomic E-state index is -4.69. The molecule has 1 unspecified atom stereocenters. The zero-order chi connectivity index (χ0) is 19.3. The van der Waals surface area contributed by atoms with E-state index in [1.807, 2.05) is 17.5 Å². The summed E-state index contributed by atoms with van der Waals surface area (Å²) in [6.45, 7) is 1.54. The summed E-state index contributed by atoms with van der Waals surface area (Å²) in [5.74, 6) is -0.191. The fourth-order valence-corrected chi connectivity index (χ4v) is 4.16. The van der Waals surface area contributed by atoms with E-state index in [4.69, 9.17) is 5.11 Å². The highest BCUT2D eigenvalue weighted by atomic mass is 32.1. The highest BCUT2D eigenvalue weighted by molar-refractivity contribution is 7.10. The lowest BCUT2D eigenvalue weighted by molar-refractivity contribution is -0.274. The smallest absolute Gasteiger partial charge is 0.406 e.